The van der Waals surface area contributed by atoms with Gasteiger partial charge in [-0.3, -0.25) is 0 Å². The summed E-state index contributed by atoms with van der Waals surface area (Å²) in [6.45, 7) is 9.08. The summed E-state index contributed by atoms with van der Waals surface area (Å²) < 4.78 is 6.61. The van der Waals surface area contributed by atoms with E-state index in [0.717, 1.165) is 0 Å². The molecule has 0 saturated carbocycles. The SMILES string of the molecule is CO[Si]1(C)c2c(NC(C)(C)C)c(CCO)c3c(c21)[CH]([Zr+2])c1ccccc1-3.[Cl-].[Cl-]. The van der Waals surface area contributed by atoms with Gasteiger partial charge in [-0.05, 0) is 0 Å². The third-order valence-electron chi connectivity index (χ3n) is 5.63. The Balaban J connectivity index is 0.00000140. The van der Waals surface area contributed by atoms with Crippen LogP contribution in [0.25, 0.3) is 11.1 Å². The van der Waals surface area contributed by atoms with Gasteiger partial charge in [-0.2, -0.15) is 0 Å². The Hall–Kier alpha value is -0.160. The number of hydrogen-bond donors (Lipinski definition) is 2. The number of halogens is 2. The molecular formula is C21H26Cl2NO2SiZr. The molecule has 0 bridgehead atoms. The largest absolute Gasteiger partial charge is 1.00 e. The van der Waals surface area contributed by atoms with Crippen molar-refractivity contribution >= 4 is 24.4 Å². The van der Waals surface area contributed by atoms with Crippen LogP contribution in [0.15, 0.2) is 24.3 Å². The van der Waals surface area contributed by atoms with Gasteiger partial charge in [0.2, 0.25) is 0 Å². The van der Waals surface area contributed by atoms with Gasteiger partial charge in [0.25, 0.3) is 0 Å². The minimum Gasteiger partial charge on any atom is -1.00 e. The van der Waals surface area contributed by atoms with E-state index in [-0.39, 0.29) is 37.0 Å². The minimum atomic E-state index is -1.99. The molecule has 0 spiro atoms. The number of aliphatic hydroxyl groups is 1. The average molecular weight is 515 g/mol. The molecule has 2 aromatic rings. The zero-order valence-electron chi connectivity index (χ0n) is 16.9. The molecule has 0 radical (unpaired) electrons. The maximum Gasteiger partial charge on any atom is -1.00 e. The van der Waals surface area contributed by atoms with Crippen molar-refractivity contribution in [2.75, 3.05) is 19.0 Å². The third kappa shape index (κ3) is 3.46. The van der Waals surface area contributed by atoms with Gasteiger partial charge in [-0.1, -0.05) is 0 Å². The van der Waals surface area contributed by atoms with E-state index in [0.29, 0.717) is 10.0 Å². The van der Waals surface area contributed by atoms with E-state index in [9.17, 15) is 5.11 Å². The number of anilines is 1. The standard InChI is InChI=1S/C21H26NO2Si.2ClH.Zr/c1-21(2,3)22-18-15(10-11-23)17-14-9-7-6-8-13(14)12-16(17)19-20(18)25(19,5)24-4;;;/h6-9,12,22-23H,10-11H2,1-5H3;2*1H;/q;;;+2/p-2. The Bertz CT molecular complexity index is 916. The van der Waals surface area contributed by atoms with E-state index in [1.807, 2.05) is 7.11 Å². The quantitative estimate of drug-likeness (QED) is 0.421. The third-order valence-corrected chi connectivity index (χ3v) is 10.6. The Morgan fingerprint density at radius 2 is 1.82 bits per heavy atom. The van der Waals surface area contributed by atoms with Crippen LogP contribution in [-0.4, -0.2) is 32.7 Å². The zero-order valence-corrected chi connectivity index (χ0v) is 21.9. The summed E-state index contributed by atoms with van der Waals surface area (Å²) in [7, 11) is -0.124. The van der Waals surface area contributed by atoms with Crippen molar-refractivity contribution < 1.29 is 59.1 Å². The molecule has 1 aliphatic heterocycles. The van der Waals surface area contributed by atoms with Crippen LogP contribution in [0.4, 0.5) is 5.69 Å². The molecule has 7 heteroatoms. The van der Waals surface area contributed by atoms with Crippen molar-refractivity contribution in [1.82, 2.24) is 0 Å². The number of aliphatic hydroxyl groups excluding tert-OH is 1. The molecule has 2 aliphatic rings. The molecule has 1 heterocycles. The van der Waals surface area contributed by atoms with Crippen LogP contribution in [0.5, 0.6) is 0 Å². The monoisotopic (exact) mass is 512 g/mol. The molecule has 4 rings (SSSR count). The summed E-state index contributed by atoms with van der Waals surface area (Å²) >= 11 is 1.52. The summed E-state index contributed by atoms with van der Waals surface area (Å²) in [5.74, 6) is 0. The molecule has 3 nitrogen and oxygen atoms in total. The fourth-order valence-electron chi connectivity index (χ4n) is 4.48. The molecule has 28 heavy (non-hydrogen) atoms. The van der Waals surface area contributed by atoms with Gasteiger partial charge in [0.15, 0.2) is 0 Å². The first-order valence-corrected chi connectivity index (χ1v) is 13.1. The van der Waals surface area contributed by atoms with Gasteiger partial charge in [0.1, 0.15) is 0 Å². The number of fused-ring (bicyclic) bond motifs is 5. The summed E-state index contributed by atoms with van der Waals surface area (Å²) in [5, 5.41) is 16.5. The van der Waals surface area contributed by atoms with Crippen molar-refractivity contribution in [3.63, 3.8) is 0 Å². The van der Waals surface area contributed by atoms with Crippen molar-refractivity contribution in [2.45, 2.75) is 42.9 Å². The normalized spacial score (nSPS) is 21.1. The van der Waals surface area contributed by atoms with Crippen LogP contribution in [0.3, 0.4) is 0 Å². The van der Waals surface area contributed by atoms with E-state index < -0.39 is 8.32 Å². The maximum atomic E-state index is 9.84. The molecule has 2 aromatic carbocycles. The van der Waals surface area contributed by atoms with Crippen molar-refractivity contribution in [3.05, 3.63) is 41.0 Å². The number of rotatable bonds is 4. The molecule has 0 aromatic heterocycles. The Labute approximate surface area is 196 Å². The molecule has 2 unspecified atom stereocenters. The first-order valence-electron chi connectivity index (χ1n) is 9.23. The molecule has 2 N–H and O–H groups in total. The van der Waals surface area contributed by atoms with E-state index >= 15 is 0 Å². The van der Waals surface area contributed by atoms with Gasteiger partial charge in [-0.15, -0.1) is 0 Å². The van der Waals surface area contributed by atoms with Crippen LogP contribution >= 0.6 is 0 Å². The predicted octanol–water partition coefficient (Wildman–Crippen LogP) is -3.29. The van der Waals surface area contributed by atoms with Gasteiger partial charge < -0.3 is 24.8 Å². The van der Waals surface area contributed by atoms with Crippen LogP contribution in [0.1, 0.15) is 41.1 Å². The first kappa shape index (κ1) is 24.1. The minimum absolute atomic E-state index is 0. The Morgan fingerprint density at radius 1 is 1.18 bits per heavy atom. The van der Waals surface area contributed by atoms with Gasteiger partial charge in [0.05, 0.1) is 0 Å². The van der Waals surface area contributed by atoms with Crippen LogP contribution in [0.2, 0.25) is 6.55 Å². The van der Waals surface area contributed by atoms with Crippen LogP contribution < -0.4 is 40.5 Å². The maximum absolute atomic E-state index is 9.84. The summed E-state index contributed by atoms with van der Waals surface area (Å²) in [6.07, 6.45) is 0.680. The van der Waals surface area contributed by atoms with E-state index in [2.05, 4.69) is 56.9 Å². The van der Waals surface area contributed by atoms with Gasteiger partial charge in [0, 0.05) is 0 Å². The van der Waals surface area contributed by atoms with E-state index in [1.165, 1.54) is 68.6 Å². The van der Waals surface area contributed by atoms with Crippen molar-refractivity contribution in [2.24, 2.45) is 0 Å². The predicted molar refractivity (Wildman–Crippen MR) is 106 cm³/mol. The molecular weight excluding hydrogens is 488 g/mol. The number of hydrogen-bond acceptors (Lipinski definition) is 3. The summed E-state index contributed by atoms with van der Waals surface area (Å²) in [5.41, 5.74) is 8.14. The molecule has 0 amide bonds. The second-order valence-corrected chi connectivity index (χ2v) is 13.4. The van der Waals surface area contributed by atoms with E-state index in [4.69, 9.17) is 4.43 Å². The van der Waals surface area contributed by atoms with Crippen LogP contribution in [0, 0.1) is 0 Å². The Kier molecular flexibility index (Phi) is 7.03. The smallest absolute Gasteiger partial charge is 1.00 e. The van der Waals surface area contributed by atoms with Crippen molar-refractivity contribution in [3.8, 4) is 11.1 Å². The summed E-state index contributed by atoms with van der Waals surface area (Å²) in [4.78, 5) is 0. The molecule has 0 fully saturated rings. The van der Waals surface area contributed by atoms with Gasteiger partial charge in [-0.25, -0.2) is 0 Å². The van der Waals surface area contributed by atoms with Crippen LogP contribution in [-0.2, 0) is 35.6 Å². The second kappa shape index (κ2) is 8.17. The molecule has 149 valence electrons. The molecule has 2 atom stereocenters. The Morgan fingerprint density at radius 3 is 2.39 bits per heavy atom. The second-order valence-electron chi connectivity index (χ2n) is 8.50. The fraction of sp³-hybridized carbons (Fsp3) is 0.429. The molecule has 1 aliphatic carbocycles. The van der Waals surface area contributed by atoms with Gasteiger partial charge >= 0.3 is 173 Å². The fourth-order valence-corrected chi connectivity index (χ4v) is 9.55. The zero-order chi connectivity index (χ0) is 18.9. The molecule has 0 saturated heterocycles. The summed E-state index contributed by atoms with van der Waals surface area (Å²) in [6, 6.07) is 8.80. The first-order chi connectivity index (χ1) is 12.2. The van der Waals surface area contributed by atoms with E-state index in [1.54, 1.807) is 0 Å². The van der Waals surface area contributed by atoms with Crippen molar-refractivity contribution in [1.29, 1.82) is 0 Å². The average Bonchev–Trinajstić information content (AvgIpc) is 3.10. The number of nitrogens with one attached hydrogen (secondary N) is 1. The number of benzene rings is 2. The topological polar surface area (TPSA) is 41.5 Å².